The Morgan fingerprint density at radius 3 is 2.25 bits per heavy atom. The molecule has 0 fully saturated rings. The maximum Gasteiger partial charge on any atom is 0.124 e. The van der Waals surface area contributed by atoms with Crippen LogP contribution in [0.5, 0.6) is 11.5 Å². The van der Waals surface area contributed by atoms with E-state index in [-0.39, 0.29) is 6.61 Å². The average molecular weight is 320 g/mol. The van der Waals surface area contributed by atoms with Crippen LogP contribution in [0.1, 0.15) is 11.1 Å². The van der Waals surface area contributed by atoms with E-state index in [4.69, 9.17) is 9.47 Å². The van der Waals surface area contributed by atoms with Crippen LogP contribution >= 0.6 is 0 Å². The maximum atomic E-state index is 9.33. The van der Waals surface area contributed by atoms with Gasteiger partial charge >= 0.3 is 0 Å². The van der Waals surface area contributed by atoms with Gasteiger partial charge < -0.3 is 14.6 Å². The van der Waals surface area contributed by atoms with Crippen molar-refractivity contribution in [3.05, 3.63) is 83.9 Å². The Morgan fingerprint density at radius 2 is 1.50 bits per heavy atom. The highest BCUT2D eigenvalue weighted by Crippen LogP contribution is 2.30. The van der Waals surface area contributed by atoms with E-state index in [9.17, 15) is 5.11 Å². The number of hydrogen-bond acceptors (Lipinski definition) is 3. The van der Waals surface area contributed by atoms with Crippen LogP contribution in [0, 0.1) is 0 Å². The van der Waals surface area contributed by atoms with Gasteiger partial charge in [0, 0.05) is 6.07 Å². The Morgan fingerprint density at radius 1 is 0.750 bits per heavy atom. The van der Waals surface area contributed by atoms with Gasteiger partial charge in [0.2, 0.25) is 0 Å². The van der Waals surface area contributed by atoms with Gasteiger partial charge in [-0.2, -0.15) is 0 Å². The van der Waals surface area contributed by atoms with Gasteiger partial charge in [-0.3, -0.25) is 0 Å². The molecule has 0 unspecified atom stereocenters. The van der Waals surface area contributed by atoms with Gasteiger partial charge in [-0.05, 0) is 40.5 Å². The molecule has 3 rings (SSSR count). The summed E-state index contributed by atoms with van der Waals surface area (Å²) in [6.07, 6.45) is 0. The van der Waals surface area contributed by atoms with Crippen LogP contribution in [-0.4, -0.2) is 12.2 Å². The fourth-order valence-electron chi connectivity index (χ4n) is 2.53. The van der Waals surface area contributed by atoms with Crippen molar-refractivity contribution in [2.75, 3.05) is 7.11 Å². The van der Waals surface area contributed by atoms with Gasteiger partial charge in [-0.1, -0.05) is 48.5 Å². The second-order valence-electron chi connectivity index (χ2n) is 5.53. The number of hydrogen-bond donors (Lipinski definition) is 1. The molecule has 3 aromatic carbocycles. The summed E-state index contributed by atoms with van der Waals surface area (Å²) in [4.78, 5) is 0. The summed E-state index contributed by atoms with van der Waals surface area (Å²) in [6.45, 7) is 0.527. The third-order valence-electron chi connectivity index (χ3n) is 3.81. The summed E-state index contributed by atoms with van der Waals surface area (Å²) in [7, 11) is 1.64. The van der Waals surface area contributed by atoms with Crippen LogP contribution in [0.25, 0.3) is 11.1 Å². The number of ether oxygens (including phenoxy) is 2. The molecule has 0 saturated carbocycles. The van der Waals surface area contributed by atoms with Gasteiger partial charge in [0.15, 0.2) is 0 Å². The number of benzene rings is 3. The molecule has 0 spiro atoms. The van der Waals surface area contributed by atoms with Crippen molar-refractivity contribution in [3.8, 4) is 22.6 Å². The molecule has 0 aromatic heterocycles. The van der Waals surface area contributed by atoms with Crippen molar-refractivity contribution in [2.45, 2.75) is 13.2 Å². The summed E-state index contributed by atoms with van der Waals surface area (Å²) in [5.41, 5.74) is 4.00. The normalized spacial score (nSPS) is 10.4. The van der Waals surface area contributed by atoms with E-state index in [1.54, 1.807) is 7.11 Å². The molecular weight excluding hydrogens is 300 g/mol. The smallest absolute Gasteiger partial charge is 0.124 e. The average Bonchev–Trinajstić information content (AvgIpc) is 2.67. The minimum absolute atomic E-state index is 0.0230. The molecule has 122 valence electrons. The van der Waals surface area contributed by atoms with Crippen LogP contribution in [0.15, 0.2) is 72.8 Å². The van der Waals surface area contributed by atoms with Crippen LogP contribution in [-0.2, 0) is 13.2 Å². The van der Waals surface area contributed by atoms with Crippen molar-refractivity contribution in [1.29, 1.82) is 0 Å². The maximum absolute atomic E-state index is 9.33. The SMILES string of the molecule is COc1cc(OCc2ccccc2)cc(-c2cccc(CO)c2)c1. The third kappa shape index (κ3) is 3.94. The highest BCUT2D eigenvalue weighted by atomic mass is 16.5. The van der Waals surface area contributed by atoms with E-state index in [0.29, 0.717) is 6.61 Å². The predicted molar refractivity (Wildman–Crippen MR) is 95.1 cm³/mol. The van der Waals surface area contributed by atoms with Gasteiger partial charge in [-0.15, -0.1) is 0 Å². The molecule has 0 radical (unpaired) electrons. The zero-order valence-corrected chi connectivity index (χ0v) is 13.6. The molecule has 24 heavy (non-hydrogen) atoms. The van der Waals surface area contributed by atoms with E-state index in [1.165, 1.54) is 0 Å². The van der Waals surface area contributed by atoms with Crippen molar-refractivity contribution in [1.82, 2.24) is 0 Å². The Bertz CT molecular complexity index is 797. The molecule has 3 heteroatoms. The van der Waals surface area contributed by atoms with E-state index in [0.717, 1.165) is 33.8 Å². The quantitative estimate of drug-likeness (QED) is 0.730. The fourth-order valence-corrected chi connectivity index (χ4v) is 2.53. The summed E-state index contributed by atoms with van der Waals surface area (Å²) in [5.74, 6) is 1.49. The molecular formula is C21H20O3. The Labute approximate surface area is 142 Å². The van der Waals surface area contributed by atoms with Crippen LogP contribution in [0.2, 0.25) is 0 Å². The summed E-state index contributed by atoms with van der Waals surface area (Å²) in [5, 5.41) is 9.33. The number of methoxy groups -OCH3 is 1. The Balaban J connectivity index is 1.87. The van der Waals surface area contributed by atoms with Crippen molar-refractivity contribution >= 4 is 0 Å². The molecule has 0 atom stereocenters. The lowest BCUT2D eigenvalue weighted by atomic mass is 10.0. The van der Waals surface area contributed by atoms with Gasteiger partial charge in [0.1, 0.15) is 18.1 Å². The topological polar surface area (TPSA) is 38.7 Å². The second kappa shape index (κ2) is 7.66. The minimum atomic E-state index is 0.0230. The Kier molecular flexibility index (Phi) is 5.14. The highest BCUT2D eigenvalue weighted by molar-refractivity contribution is 5.68. The summed E-state index contributed by atoms with van der Waals surface area (Å²) >= 11 is 0. The van der Waals surface area contributed by atoms with Crippen molar-refractivity contribution in [2.24, 2.45) is 0 Å². The van der Waals surface area contributed by atoms with Crippen LogP contribution in [0.4, 0.5) is 0 Å². The molecule has 3 nitrogen and oxygen atoms in total. The van der Waals surface area contributed by atoms with E-state index < -0.39 is 0 Å². The first kappa shape index (κ1) is 16.1. The molecule has 0 aliphatic carbocycles. The second-order valence-corrected chi connectivity index (χ2v) is 5.53. The molecule has 1 N–H and O–H groups in total. The third-order valence-corrected chi connectivity index (χ3v) is 3.81. The molecule has 0 heterocycles. The number of aliphatic hydroxyl groups is 1. The van der Waals surface area contributed by atoms with Gasteiger partial charge in [-0.25, -0.2) is 0 Å². The van der Waals surface area contributed by atoms with Gasteiger partial charge in [0.05, 0.1) is 13.7 Å². The molecule has 3 aromatic rings. The van der Waals surface area contributed by atoms with Crippen LogP contribution in [0.3, 0.4) is 0 Å². The van der Waals surface area contributed by atoms with E-state index in [2.05, 4.69) is 0 Å². The largest absolute Gasteiger partial charge is 0.497 e. The van der Waals surface area contributed by atoms with E-state index >= 15 is 0 Å². The Hall–Kier alpha value is -2.78. The first-order valence-corrected chi connectivity index (χ1v) is 7.84. The lowest BCUT2D eigenvalue weighted by Gasteiger charge is -2.12. The zero-order chi connectivity index (χ0) is 16.8. The lowest BCUT2D eigenvalue weighted by molar-refractivity contribution is 0.282. The molecule has 0 amide bonds. The van der Waals surface area contributed by atoms with Crippen LogP contribution < -0.4 is 9.47 Å². The fraction of sp³-hybridized carbons (Fsp3) is 0.143. The molecule has 0 aliphatic heterocycles. The number of rotatable bonds is 6. The predicted octanol–water partition coefficient (Wildman–Crippen LogP) is 4.43. The number of aliphatic hydroxyl groups excluding tert-OH is 1. The first-order valence-electron chi connectivity index (χ1n) is 7.84. The van der Waals surface area contributed by atoms with Crippen molar-refractivity contribution in [3.63, 3.8) is 0 Å². The van der Waals surface area contributed by atoms with E-state index in [1.807, 2.05) is 72.8 Å². The minimum Gasteiger partial charge on any atom is -0.497 e. The molecule has 0 bridgehead atoms. The molecule has 0 saturated heterocycles. The lowest BCUT2D eigenvalue weighted by Crippen LogP contribution is -1.96. The molecule has 0 aliphatic rings. The van der Waals surface area contributed by atoms with Crippen molar-refractivity contribution < 1.29 is 14.6 Å². The standard InChI is InChI=1S/C21H20O3/c1-23-20-11-19(18-9-5-8-17(10-18)14-22)12-21(13-20)24-15-16-6-3-2-4-7-16/h2-13,22H,14-15H2,1H3. The summed E-state index contributed by atoms with van der Waals surface area (Å²) < 4.78 is 11.3. The highest BCUT2D eigenvalue weighted by Gasteiger charge is 2.06. The van der Waals surface area contributed by atoms with Gasteiger partial charge in [0.25, 0.3) is 0 Å². The summed E-state index contributed by atoms with van der Waals surface area (Å²) in [6, 6.07) is 23.7. The monoisotopic (exact) mass is 320 g/mol. The first-order chi connectivity index (χ1) is 11.8. The zero-order valence-electron chi connectivity index (χ0n) is 13.6.